The lowest BCUT2D eigenvalue weighted by molar-refractivity contribution is -0.274. The minimum absolute atomic E-state index is 0.261. The van der Waals surface area contributed by atoms with E-state index in [0.717, 1.165) is 21.9 Å². The Morgan fingerprint density at radius 1 is 1.23 bits per heavy atom. The smallest absolute Gasteiger partial charge is 0.406 e. The molecule has 1 unspecified atom stereocenters. The van der Waals surface area contributed by atoms with Crippen molar-refractivity contribution in [3.63, 3.8) is 0 Å². The van der Waals surface area contributed by atoms with Gasteiger partial charge >= 0.3 is 12.4 Å². The molecule has 1 aliphatic heterocycles. The number of urea groups is 1. The molecular formula is C19H18F3N3O4S. The van der Waals surface area contributed by atoms with Gasteiger partial charge in [0, 0.05) is 11.9 Å². The molecule has 0 saturated carbocycles. The van der Waals surface area contributed by atoms with Crippen LogP contribution in [0.1, 0.15) is 17.4 Å². The lowest BCUT2D eigenvalue weighted by Gasteiger charge is -2.23. The average molecular weight is 441 g/mol. The molecule has 0 aliphatic carbocycles. The molecule has 7 nitrogen and oxygen atoms in total. The molecular weight excluding hydrogens is 423 g/mol. The van der Waals surface area contributed by atoms with E-state index in [0.29, 0.717) is 6.54 Å². The Hall–Kier alpha value is -3.08. The van der Waals surface area contributed by atoms with E-state index in [4.69, 9.17) is 0 Å². The Morgan fingerprint density at radius 2 is 1.90 bits per heavy atom. The standard InChI is InChI=1S/C19H18F3N3O4S/c1-18(12-5-7-13(8-6-12)29-19(20,21)22)16(27)25(17(28)23-18)11-15(26)24(2)10-14-4-3-9-30-14/h3-9H,10-11H2,1-2H3,(H,23,28). The summed E-state index contributed by atoms with van der Waals surface area (Å²) < 4.78 is 40.8. The van der Waals surface area contributed by atoms with Gasteiger partial charge in [0.2, 0.25) is 5.91 Å². The molecule has 1 aromatic carbocycles. The van der Waals surface area contributed by atoms with E-state index in [1.165, 1.54) is 35.3 Å². The molecule has 1 aliphatic rings. The van der Waals surface area contributed by atoms with E-state index in [2.05, 4.69) is 10.1 Å². The first kappa shape index (κ1) is 21.6. The summed E-state index contributed by atoms with van der Waals surface area (Å²) in [6.45, 7) is 1.32. The Kier molecular flexibility index (Phi) is 5.75. The van der Waals surface area contributed by atoms with E-state index >= 15 is 0 Å². The molecule has 3 rings (SSSR count). The van der Waals surface area contributed by atoms with E-state index in [9.17, 15) is 27.6 Å². The number of benzene rings is 1. The molecule has 1 N–H and O–H groups in total. The zero-order valence-electron chi connectivity index (χ0n) is 16.0. The van der Waals surface area contributed by atoms with Crippen molar-refractivity contribution in [1.29, 1.82) is 0 Å². The van der Waals surface area contributed by atoms with Crippen molar-refractivity contribution in [2.24, 2.45) is 0 Å². The number of alkyl halides is 3. The molecule has 1 saturated heterocycles. The maximum absolute atomic E-state index is 12.9. The number of halogens is 3. The second kappa shape index (κ2) is 7.98. The minimum Gasteiger partial charge on any atom is -0.406 e. The molecule has 1 fully saturated rings. The summed E-state index contributed by atoms with van der Waals surface area (Å²) in [5.74, 6) is -1.55. The van der Waals surface area contributed by atoms with Crippen LogP contribution >= 0.6 is 11.3 Å². The van der Waals surface area contributed by atoms with Crippen molar-refractivity contribution in [2.75, 3.05) is 13.6 Å². The molecule has 0 spiro atoms. The third-order valence-electron chi connectivity index (χ3n) is 4.63. The first-order chi connectivity index (χ1) is 14.0. The van der Waals surface area contributed by atoms with Gasteiger partial charge in [0.05, 0.1) is 6.54 Å². The van der Waals surface area contributed by atoms with Crippen LogP contribution in [0, 0.1) is 0 Å². The number of nitrogens with zero attached hydrogens (tertiary/aromatic N) is 2. The number of carbonyl (C=O) groups is 3. The van der Waals surface area contributed by atoms with Gasteiger partial charge in [0.15, 0.2) is 0 Å². The third-order valence-corrected chi connectivity index (χ3v) is 5.49. The van der Waals surface area contributed by atoms with Crippen molar-refractivity contribution < 1.29 is 32.3 Å². The van der Waals surface area contributed by atoms with Gasteiger partial charge in [-0.15, -0.1) is 24.5 Å². The van der Waals surface area contributed by atoms with Gasteiger partial charge in [-0.3, -0.25) is 14.5 Å². The van der Waals surface area contributed by atoms with Crippen LogP contribution < -0.4 is 10.1 Å². The molecule has 0 bridgehead atoms. The van der Waals surface area contributed by atoms with Crippen LogP contribution in [0.3, 0.4) is 0 Å². The van der Waals surface area contributed by atoms with E-state index < -0.39 is 42.0 Å². The summed E-state index contributed by atoms with van der Waals surface area (Å²) in [5.41, 5.74) is -1.25. The maximum atomic E-state index is 12.9. The molecule has 1 aromatic heterocycles. The highest BCUT2D eigenvalue weighted by atomic mass is 32.1. The number of hydrogen-bond donors (Lipinski definition) is 1. The zero-order valence-corrected chi connectivity index (χ0v) is 16.8. The summed E-state index contributed by atoms with van der Waals surface area (Å²) in [7, 11) is 1.57. The van der Waals surface area contributed by atoms with Crippen molar-refractivity contribution in [3.8, 4) is 5.75 Å². The minimum atomic E-state index is -4.84. The predicted molar refractivity (Wildman–Crippen MR) is 102 cm³/mol. The molecule has 30 heavy (non-hydrogen) atoms. The van der Waals surface area contributed by atoms with Crippen LogP contribution in [-0.2, 0) is 21.7 Å². The van der Waals surface area contributed by atoms with Crippen LogP contribution in [-0.4, -0.2) is 47.6 Å². The van der Waals surface area contributed by atoms with Gasteiger partial charge in [0.25, 0.3) is 5.91 Å². The molecule has 160 valence electrons. The number of rotatable bonds is 6. The van der Waals surface area contributed by atoms with E-state index in [-0.39, 0.29) is 5.56 Å². The lowest BCUT2D eigenvalue weighted by Crippen LogP contribution is -2.43. The third kappa shape index (κ3) is 4.56. The lowest BCUT2D eigenvalue weighted by atomic mass is 9.92. The highest BCUT2D eigenvalue weighted by Gasteiger charge is 2.49. The van der Waals surface area contributed by atoms with Gasteiger partial charge in [0.1, 0.15) is 17.8 Å². The summed E-state index contributed by atoms with van der Waals surface area (Å²) in [5, 5.41) is 4.39. The molecule has 2 heterocycles. The van der Waals surface area contributed by atoms with Crippen molar-refractivity contribution >= 4 is 29.2 Å². The highest BCUT2D eigenvalue weighted by Crippen LogP contribution is 2.31. The summed E-state index contributed by atoms with van der Waals surface area (Å²) >= 11 is 1.48. The van der Waals surface area contributed by atoms with Crippen LogP contribution in [0.25, 0.3) is 0 Å². The number of hydrogen-bond acceptors (Lipinski definition) is 5. The number of thiophene rings is 1. The quantitative estimate of drug-likeness (QED) is 0.699. The number of likely N-dealkylation sites (N-methyl/N-ethyl adjacent to an activating group) is 1. The van der Waals surface area contributed by atoms with Gasteiger partial charge < -0.3 is 15.0 Å². The summed E-state index contributed by atoms with van der Waals surface area (Å²) in [4.78, 5) is 40.9. The van der Waals surface area contributed by atoms with Crippen molar-refractivity contribution in [3.05, 3.63) is 52.2 Å². The first-order valence-corrected chi connectivity index (χ1v) is 9.64. The van der Waals surface area contributed by atoms with E-state index in [1.807, 2.05) is 17.5 Å². The SMILES string of the molecule is CN(Cc1cccs1)C(=O)CN1C(=O)NC(C)(c2ccc(OC(F)(F)F)cc2)C1=O. The van der Waals surface area contributed by atoms with Gasteiger partial charge in [-0.25, -0.2) is 4.79 Å². The fourth-order valence-corrected chi connectivity index (χ4v) is 3.76. The fourth-order valence-electron chi connectivity index (χ4n) is 3.01. The topological polar surface area (TPSA) is 79.0 Å². The predicted octanol–water partition coefficient (Wildman–Crippen LogP) is 3.07. The molecule has 0 radical (unpaired) electrons. The monoisotopic (exact) mass is 441 g/mol. The highest BCUT2D eigenvalue weighted by molar-refractivity contribution is 7.09. The average Bonchev–Trinajstić information content (AvgIpc) is 3.23. The zero-order chi connectivity index (χ0) is 22.1. The molecule has 2 aromatic rings. The molecule has 4 amide bonds. The van der Waals surface area contributed by atoms with Crippen LogP contribution in [0.2, 0.25) is 0 Å². The number of amides is 4. The second-order valence-corrected chi connectivity index (χ2v) is 7.88. The van der Waals surface area contributed by atoms with E-state index in [1.54, 1.807) is 7.05 Å². The Balaban J connectivity index is 1.70. The Bertz CT molecular complexity index is 947. The summed E-state index contributed by atoms with van der Waals surface area (Å²) in [6, 6.07) is 7.58. The van der Waals surface area contributed by atoms with Crippen LogP contribution in [0.4, 0.5) is 18.0 Å². The maximum Gasteiger partial charge on any atom is 0.573 e. The normalized spacial score (nSPS) is 19.0. The summed E-state index contributed by atoms with van der Waals surface area (Å²) in [6.07, 6.45) is -4.84. The Morgan fingerprint density at radius 3 is 2.47 bits per heavy atom. The fraction of sp³-hybridized carbons (Fsp3) is 0.316. The number of imide groups is 1. The van der Waals surface area contributed by atoms with Crippen LogP contribution in [0.5, 0.6) is 5.75 Å². The first-order valence-electron chi connectivity index (χ1n) is 8.76. The number of carbonyl (C=O) groups excluding carboxylic acids is 3. The van der Waals surface area contributed by atoms with Crippen LogP contribution in [0.15, 0.2) is 41.8 Å². The van der Waals surface area contributed by atoms with Gasteiger partial charge in [-0.05, 0) is 36.1 Å². The molecule has 11 heteroatoms. The molecule has 1 atom stereocenters. The van der Waals surface area contributed by atoms with Gasteiger partial charge in [-0.1, -0.05) is 18.2 Å². The number of nitrogens with one attached hydrogen (secondary N) is 1. The van der Waals surface area contributed by atoms with Gasteiger partial charge in [-0.2, -0.15) is 0 Å². The van der Waals surface area contributed by atoms with Crippen molar-refractivity contribution in [2.45, 2.75) is 25.4 Å². The number of ether oxygens (including phenoxy) is 1. The van der Waals surface area contributed by atoms with Crippen molar-refractivity contribution in [1.82, 2.24) is 15.1 Å². The largest absolute Gasteiger partial charge is 0.573 e. The Labute approximate surface area is 174 Å². The second-order valence-electron chi connectivity index (χ2n) is 6.85.